The summed E-state index contributed by atoms with van der Waals surface area (Å²) in [5.41, 5.74) is 0.991. The molecule has 0 fully saturated rings. The van der Waals surface area contributed by atoms with Crippen molar-refractivity contribution in [2.45, 2.75) is 13.3 Å². The molecule has 1 N–H and O–H groups in total. The van der Waals surface area contributed by atoms with Crippen molar-refractivity contribution in [1.82, 2.24) is 9.55 Å². The molecule has 0 spiro atoms. The van der Waals surface area contributed by atoms with Crippen LogP contribution in [0.25, 0.3) is 0 Å². The summed E-state index contributed by atoms with van der Waals surface area (Å²) in [7, 11) is 1.77. The summed E-state index contributed by atoms with van der Waals surface area (Å²) in [6.07, 6.45) is 7.29. The van der Waals surface area contributed by atoms with E-state index in [1.807, 2.05) is 0 Å². The molecule has 88 valence electrons. The van der Waals surface area contributed by atoms with Crippen LogP contribution in [-0.4, -0.2) is 27.3 Å². The van der Waals surface area contributed by atoms with Gasteiger partial charge in [0.1, 0.15) is 5.69 Å². The smallest absolute Gasteiger partial charge is 0.198 e. The standard InChI is InChI=1S/C12H13N3O2/c1-4-9(5-10(16)6-13)12(17)11-8(2)15(3)7-14-11/h1,6-7,9,13H,5H2,2-3H3. The lowest BCUT2D eigenvalue weighted by Crippen LogP contribution is -2.19. The van der Waals surface area contributed by atoms with Gasteiger partial charge in [-0.15, -0.1) is 6.42 Å². The summed E-state index contributed by atoms with van der Waals surface area (Å²) in [5.74, 6) is 0.620. The average molecular weight is 231 g/mol. The first-order valence-corrected chi connectivity index (χ1v) is 5.02. The van der Waals surface area contributed by atoms with Crippen LogP contribution in [-0.2, 0) is 11.8 Å². The maximum Gasteiger partial charge on any atom is 0.198 e. The zero-order valence-electron chi connectivity index (χ0n) is 9.73. The molecule has 0 saturated heterocycles. The first-order valence-electron chi connectivity index (χ1n) is 5.02. The van der Waals surface area contributed by atoms with E-state index in [1.54, 1.807) is 18.5 Å². The molecule has 0 aromatic carbocycles. The first kappa shape index (κ1) is 12.8. The molecule has 0 aliphatic carbocycles. The highest BCUT2D eigenvalue weighted by molar-refractivity contribution is 6.27. The molecular formula is C12H13N3O2. The molecule has 0 amide bonds. The summed E-state index contributed by atoms with van der Waals surface area (Å²) in [6.45, 7) is 1.76. The number of hydrogen-bond donors (Lipinski definition) is 1. The maximum absolute atomic E-state index is 12.0. The fraction of sp³-hybridized carbons (Fsp3) is 0.333. The number of aromatic nitrogens is 2. The second kappa shape index (κ2) is 5.21. The summed E-state index contributed by atoms with van der Waals surface area (Å²) in [5, 5.41) is 6.79. The Bertz CT molecular complexity index is 508. The molecule has 1 rings (SSSR count). The van der Waals surface area contributed by atoms with Gasteiger partial charge >= 0.3 is 0 Å². The third-order valence-electron chi connectivity index (χ3n) is 2.55. The van der Waals surface area contributed by atoms with Crippen molar-refractivity contribution in [1.29, 1.82) is 5.41 Å². The molecule has 1 aromatic rings. The van der Waals surface area contributed by atoms with Crippen molar-refractivity contribution in [2.75, 3.05) is 0 Å². The van der Waals surface area contributed by atoms with Gasteiger partial charge in [-0.2, -0.15) is 0 Å². The van der Waals surface area contributed by atoms with Gasteiger partial charge in [-0.05, 0) is 6.92 Å². The fourth-order valence-corrected chi connectivity index (χ4v) is 1.39. The number of nitrogens with one attached hydrogen (secondary N) is 1. The van der Waals surface area contributed by atoms with Crippen molar-refractivity contribution in [2.24, 2.45) is 13.0 Å². The number of hydrogen-bond acceptors (Lipinski definition) is 4. The van der Waals surface area contributed by atoms with Crippen LogP contribution in [0.2, 0.25) is 0 Å². The van der Waals surface area contributed by atoms with Crippen molar-refractivity contribution in [3.05, 3.63) is 17.7 Å². The van der Waals surface area contributed by atoms with E-state index in [1.165, 1.54) is 6.33 Å². The van der Waals surface area contributed by atoms with Gasteiger partial charge in [0, 0.05) is 19.2 Å². The number of imidazole rings is 1. The summed E-state index contributed by atoms with van der Waals surface area (Å²) >= 11 is 0. The maximum atomic E-state index is 12.0. The number of aryl methyl sites for hydroxylation is 1. The van der Waals surface area contributed by atoms with E-state index >= 15 is 0 Å². The Morgan fingerprint density at radius 1 is 1.71 bits per heavy atom. The van der Waals surface area contributed by atoms with Gasteiger partial charge in [0.15, 0.2) is 11.6 Å². The zero-order chi connectivity index (χ0) is 13.0. The SMILES string of the molecule is C#CC(CC(=O)C=N)C(=O)c1ncn(C)c1C. The predicted molar refractivity (Wildman–Crippen MR) is 63.0 cm³/mol. The van der Waals surface area contributed by atoms with Crippen molar-refractivity contribution in [3.63, 3.8) is 0 Å². The summed E-state index contributed by atoms with van der Waals surface area (Å²) in [6, 6.07) is 0. The third-order valence-corrected chi connectivity index (χ3v) is 2.55. The van der Waals surface area contributed by atoms with Crippen LogP contribution in [0.1, 0.15) is 22.6 Å². The van der Waals surface area contributed by atoms with Crippen molar-refractivity contribution >= 4 is 17.8 Å². The van der Waals surface area contributed by atoms with Crippen LogP contribution in [0.3, 0.4) is 0 Å². The highest BCUT2D eigenvalue weighted by Gasteiger charge is 2.24. The van der Waals surface area contributed by atoms with E-state index in [2.05, 4.69) is 10.9 Å². The van der Waals surface area contributed by atoms with E-state index in [9.17, 15) is 9.59 Å². The minimum Gasteiger partial charge on any atom is -0.337 e. The topological polar surface area (TPSA) is 75.8 Å². The highest BCUT2D eigenvalue weighted by atomic mass is 16.1. The normalized spacial score (nSPS) is 11.6. The Labute approximate surface area is 99.4 Å². The Hall–Kier alpha value is -2.22. The Kier molecular flexibility index (Phi) is 3.94. The van der Waals surface area contributed by atoms with Crippen LogP contribution >= 0.6 is 0 Å². The lowest BCUT2D eigenvalue weighted by atomic mass is 9.96. The van der Waals surface area contributed by atoms with E-state index in [0.717, 1.165) is 0 Å². The lowest BCUT2D eigenvalue weighted by molar-refractivity contribution is -0.112. The highest BCUT2D eigenvalue weighted by Crippen LogP contribution is 2.14. The number of nitrogens with zero attached hydrogens (tertiary/aromatic N) is 2. The second-order valence-electron chi connectivity index (χ2n) is 3.69. The largest absolute Gasteiger partial charge is 0.337 e. The van der Waals surface area contributed by atoms with E-state index < -0.39 is 11.7 Å². The first-order chi connectivity index (χ1) is 8.01. The van der Waals surface area contributed by atoms with Gasteiger partial charge in [-0.3, -0.25) is 9.59 Å². The minimum atomic E-state index is -0.849. The fourth-order valence-electron chi connectivity index (χ4n) is 1.39. The molecule has 0 bridgehead atoms. The van der Waals surface area contributed by atoms with Crippen LogP contribution < -0.4 is 0 Å². The molecular weight excluding hydrogens is 218 g/mol. The van der Waals surface area contributed by atoms with Crippen LogP contribution in [0.4, 0.5) is 0 Å². The predicted octanol–water partition coefficient (Wildman–Crippen LogP) is 0.769. The van der Waals surface area contributed by atoms with Gasteiger partial charge < -0.3 is 9.98 Å². The summed E-state index contributed by atoms with van der Waals surface area (Å²) in [4.78, 5) is 27.1. The van der Waals surface area contributed by atoms with E-state index in [-0.39, 0.29) is 17.9 Å². The molecule has 1 unspecified atom stereocenters. The summed E-state index contributed by atoms with van der Waals surface area (Å²) < 4.78 is 1.71. The number of carbonyl (C=O) groups excluding carboxylic acids is 2. The van der Waals surface area contributed by atoms with Gasteiger partial charge in [-0.25, -0.2) is 4.98 Å². The molecule has 0 radical (unpaired) electrons. The van der Waals surface area contributed by atoms with Gasteiger partial charge in [0.2, 0.25) is 0 Å². The molecule has 0 aliphatic rings. The molecule has 0 aliphatic heterocycles. The number of rotatable bonds is 5. The quantitative estimate of drug-likeness (QED) is 0.462. The van der Waals surface area contributed by atoms with Crippen LogP contribution in [0.5, 0.6) is 0 Å². The molecule has 1 aromatic heterocycles. The molecule has 5 heteroatoms. The Morgan fingerprint density at radius 2 is 2.35 bits per heavy atom. The monoisotopic (exact) mass is 231 g/mol. The Balaban J connectivity index is 2.95. The minimum absolute atomic E-state index is 0.144. The third kappa shape index (κ3) is 2.67. The van der Waals surface area contributed by atoms with Crippen molar-refractivity contribution < 1.29 is 9.59 Å². The van der Waals surface area contributed by atoms with Crippen molar-refractivity contribution in [3.8, 4) is 12.3 Å². The number of Topliss-reactive ketones (excluding diaryl/α,β-unsaturated/α-hetero) is 2. The van der Waals surface area contributed by atoms with Gasteiger partial charge in [0.25, 0.3) is 0 Å². The average Bonchev–Trinajstić information content (AvgIpc) is 2.66. The number of carbonyl (C=O) groups is 2. The second-order valence-corrected chi connectivity index (χ2v) is 3.69. The molecule has 1 atom stereocenters. The molecule has 1 heterocycles. The van der Waals surface area contributed by atoms with Gasteiger partial charge in [0.05, 0.1) is 18.5 Å². The molecule has 0 saturated carbocycles. The lowest BCUT2D eigenvalue weighted by Gasteiger charge is -2.06. The Morgan fingerprint density at radius 3 is 2.76 bits per heavy atom. The molecule has 17 heavy (non-hydrogen) atoms. The zero-order valence-corrected chi connectivity index (χ0v) is 9.73. The van der Waals surface area contributed by atoms with E-state index in [0.29, 0.717) is 11.9 Å². The van der Waals surface area contributed by atoms with Gasteiger partial charge in [-0.1, -0.05) is 5.92 Å². The van der Waals surface area contributed by atoms with E-state index in [4.69, 9.17) is 11.8 Å². The number of terminal acetylenes is 1. The van der Waals surface area contributed by atoms with Crippen LogP contribution in [0, 0.1) is 30.6 Å². The molecule has 5 nitrogen and oxygen atoms in total. The van der Waals surface area contributed by atoms with Crippen LogP contribution in [0.15, 0.2) is 6.33 Å². The number of ketones is 2.